The van der Waals surface area contributed by atoms with Crippen molar-refractivity contribution in [1.29, 1.82) is 0 Å². The molecule has 0 spiro atoms. The molecule has 3 aromatic heterocycles. The van der Waals surface area contributed by atoms with Crippen LogP contribution in [-0.2, 0) is 13.1 Å². The van der Waals surface area contributed by atoms with Gasteiger partial charge in [0.25, 0.3) is 5.56 Å². The van der Waals surface area contributed by atoms with Crippen LogP contribution in [0.15, 0.2) is 83.9 Å². The molecule has 0 saturated heterocycles. The molecule has 0 radical (unpaired) electrons. The van der Waals surface area contributed by atoms with E-state index in [4.69, 9.17) is 4.74 Å². The van der Waals surface area contributed by atoms with E-state index in [1.807, 2.05) is 59.4 Å². The molecule has 1 atom stereocenters. The van der Waals surface area contributed by atoms with E-state index < -0.39 is 6.04 Å². The SMILES string of the molecule is COc1ccc2[nH]c(=O)c(C(c3nnnn3C3CCCCC3)N(Cc3ccccc3)Cc3cccnc3)cc2c1. The van der Waals surface area contributed by atoms with Crippen LogP contribution in [0.3, 0.4) is 0 Å². The maximum atomic E-state index is 13.8. The normalized spacial score (nSPS) is 14.9. The number of pyridine rings is 2. The van der Waals surface area contributed by atoms with Gasteiger partial charge in [-0.2, -0.15) is 0 Å². The summed E-state index contributed by atoms with van der Waals surface area (Å²) in [5.74, 6) is 1.41. The molecule has 0 aliphatic heterocycles. The number of H-pyrrole nitrogens is 1. The van der Waals surface area contributed by atoms with Crippen molar-refractivity contribution in [2.24, 2.45) is 0 Å². The predicted molar refractivity (Wildman–Crippen MR) is 153 cm³/mol. The number of ether oxygens (including phenoxy) is 1. The van der Waals surface area contributed by atoms with Crippen molar-refractivity contribution in [2.75, 3.05) is 7.11 Å². The molecular formula is C31H33N7O2. The zero-order valence-corrected chi connectivity index (χ0v) is 22.6. The van der Waals surface area contributed by atoms with Crippen LogP contribution in [0, 0.1) is 0 Å². The van der Waals surface area contributed by atoms with Crippen molar-refractivity contribution < 1.29 is 4.74 Å². The number of nitrogens with one attached hydrogen (secondary N) is 1. The first-order chi connectivity index (χ1) is 19.7. The number of tetrazole rings is 1. The molecule has 1 fully saturated rings. The van der Waals surface area contributed by atoms with Crippen LogP contribution in [-0.4, -0.2) is 42.2 Å². The number of aromatic amines is 1. The van der Waals surface area contributed by atoms with Crippen LogP contribution in [0.2, 0.25) is 0 Å². The van der Waals surface area contributed by atoms with Crippen molar-refractivity contribution in [3.05, 3.63) is 112 Å². The average molecular weight is 536 g/mol. The Bertz CT molecular complexity index is 1570. The van der Waals surface area contributed by atoms with Crippen LogP contribution < -0.4 is 10.3 Å². The van der Waals surface area contributed by atoms with Gasteiger partial charge in [0.1, 0.15) is 11.8 Å². The number of aromatic nitrogens is 6. The molecule has 1 unspecified atom stereocenters. The maximum Gasteiger partial charge on any atom is 0.253 e. The average Bonchev–Trinajstić information content (AvgIpc) is 3.48. The standard InChI is InChI=1S/C31H33N7O2/c1-40-26-14-15-28-24(17-26)18-27(31(39)33-28)29(30-34-35-36-38(30)25-12-6-3-7-13-25)37(20-22-9-4-2-5-10-22)21-23-11-8-16-32-19-23/h2,4-5,8-11,14-19,25,29H,3,6-7,12-13,20-21H2,1H3,(H,33,39). The zero-order chi connectivity index (χ0) is 27.3. The van der Waals surface area contributed by atoms with Gasteiger partial charge in [-0.1, -0.05) is 55.7 Å². The Labute approximate surface area is 232 Å². The summed E-state index contributed by atoms with van der Waals surface area (Å²) in [6.45, 7) is 1.15. The molecule has 9 nitrogen and oxygen atoms in total. The van der Waals surface area contributed by atoms with Crippen molar-refractivity contribution in [2.45, 2.75) is 57.3 Å². The summed E-state index contributed by atoms with van der Waals surface area (Å²) in [5.41, 5.74) is 3.35. The monoisotopic (exact) mass is 535 g/mol. The minimum absolute atomic E-state index is 0.162. The lowest BCUT2D eigenvalue weighted by molar-refractivity contribution is 0.186. The van der Waals surface area contributed by atoms with Gasteiger partial charge in [-0.25, -0.2) is 4.68 Å². The van der Waals surface area contributed by atoms with Crippen molar-refractivity contribution >= 4 is 10.9 Å². The van der Waals surface area contributed by atoms with Crippen molar-refractivity contribution in [3.8, 4) is 5.75 Å². The van der Waals surface area contributed by atoms with E-state index in [1.54, 1.807) is 13.3 Å². The number of hydrogen-bond donors (Lipinski definition) is 1. The molecule has 1 aliphatic rings. The van der Waals surface area contributed by atoms with Gasteiger partial charge in [-0.3, -0.25) is 14.7 Å². The van der Waals surface area contributed by atoms with Gasteiger partial charge in [-0.05, 0) is 64.7 Å². The fourth-order valence-electron chi connectivity index (χ4n) is 5.78. The van der Waals surface area contributed by atoms with E-state index in [-0.39, 0.29) is 11.6 Å². The maximum absolute atomic E-state index is 13.8. The first kappa shape index (κ1) is 25.9. The van der Waals surface area contributed by atoms with Crippen LogP contribution >= 0.6 is 0 Å². The zero-order valence-electron chi connectivity index (χ0n) is 22.6. The molecule has 40 heavy (non-hydrogen) atoms. The first-order valence-corrected chi connectivity index (χ1v) is 13.8. The van der Waals surface area contributed by atoms with Crippen LogP contribution in [0.1, 0.15) is 66.7 Å². The lowest BCUT2D eigenvalue weighted by atomic mass is 9.95. The predicted octanol–water partition coefficient (Wildman–Crippen LogP) is 5.22. The molecule has 3 heterocycles. The highest BCUT2D eigenvalue weighted by atomic mass is 16.5. The molecule has 1 aliphatic carbocycles. The quantitative estimate of drug-likeness (QED) is 0.276. The van der Waals surface area contributed by atoms with E-state index in [2.05, 4.69) is 48.6 Å². The number of benzene rings is 2. The molecule has 9 heteroatoms. The number of fused-ring (bicyclic) bond motifs is 1. The fraction of sp³-hybridized carbons (Fsp3) is 0.323. The third-order valence-electron chi connectivity index (χ3n) is 7.76. The Morgan fingerprint density at radius 2 is 1.80 bits per heavy atom. The smallest absolute Gasteiger partial charge is 0.253 e. The summed E-state index contributed by atoms with van der Waals surface area (Å²) in [4.78, 5) is 23.5. The molecule has 2 aromatic carbocycles. The highest BCUT2D eigenvalue weighted by molar-refractivity contribution is 5.80. The second-order valence-electron chi connectivity index (χ2n) is 10.4. The summed E-state index contributed by atoms with van der Waals surface area (Å²) < 4.78 is 7.46. The number of nitrogens with zero attached hydrogens (tertiary/aromatic N) is 6. The topological polar surface area (TPSA) is 102 Å². The number of hydrogen-bond acceptors (Lipinski definition) is 7. The van der Waals surface area contributed by atoms with Gasteiger partial charge < -0.3 is 9.72 Å². The third-order valence-corrected chi connectivity index (χ3v) is 7.76. The van der Waals surface area contributed by atoms with Crippen molar-refractivity contribution in [3.63, 3.8) is 0 Å². The molecule has 6 rings (SSSR count). The highest BCUT2D eigenvalue weighted by Crippen LogP contribution is 2.34. The summed E-state index contributed by atoms with van der Waals surface area (Å²) in [5, 5.41) is 14.1. The van der Waals surface area contributed by atoms with E-state index in [1.165, 1.54) is 6.42 Å². The highest BCUT2D eigenvalue weighted by Gasteiger charge is 2.33. The van der Waals surface area contributed by atoms with E-state index >= 15 is 0 Å². The Morgan fingerprint density at radius 1 is 1.00 bits per heavy atom. The Balaban J connectivity index is 1.53. The van der Waals surface area contributed by atoms with Gasteiger partial charge >= 0.3 is 0 Å². The van der Waals surface area contributed by atoms with E-state index in [9.17, 15) is 4.79 Å². The third kappa shape index (κ3) is 5.51. The second kappa shape index (κ2) is 11.8. The second-order valence-corrected chi connectivity index (χ2v) is 10.4. The molecule has 5 aromatic rings. The minimum atomic E-state index is -0.503. The molecule has 1 saturated carbocycles. The minimum Gasteiger partial charge on any atom is -0.497 e. The lowest BCUT2D eigenvalue weighted by Crippen LogP contribution is -2.35. The van der Waals surface area contributed by atoms with Crippen LogP contribution in [0.4, 0.5) is 0 Å². The van der Waals surface area contributed by atoms with Crippen molar-refractivity contribution in [1.82, 2.24) is 35.1 Å². The molecule has 0 bridgehead atoms. The van der Waals surface area contributed by atoms with E-state index in [0.717, 1.165) is 53.5 Å². The Morgan fingerprint density at radius 3 is 2.58 bits per heavy atom. The van der Waals surface area contributed by atoms with Gasteiger partial charge in [0.2, 0.25) is 0 Å². The summed E-state index contributed by atoms with van der Waals surface area (Å²) >= 11 is 0. The van der Waals surface area contributed by atoms with Gasteiger partial charge in [0.15, 0.2) is 5.82 Å². The molecular weight excluding hydrogens is 502 g/mol. The Hall–Kier alpha value is -4.37. The molecule has 204 valence electrons. The molecule has 0 amide bonds. The first-order valence-electron chi connectivity index (χ1n) is 13.8. The summed E-state index contributed by atoms with van der Waals surface area (Å²) in [7, 11) is 1.64. The fourth-order valence-corrected chi connectivity index (χ4v) is 5.78. The van der Waals surface area contributed by atoms with E-state index in [0.29, 0.717) is 24.5 Å². The largest absolute Gasteiger partial charge is 0.497 e. The van der Waals surface area contributed by atoms with Crippen LogP contribution in [0.25, 0.3) is 10.9 Å². The molecule has 1 N–H and O–H groups in total. The summed E-state index contributed by atoms with van der Waals surface area (Å²) in [6.07, 6.45) is 9.21. The van der Waals surface area contributed by atoms with Crippen LogP contribution in [0.5, 0.6) is 5.75 Å². The Kier molecular flexibility index (Phi) is 7.63. The summed E-state index contributed by atoms with van der Waals surface area (Å²) in [6, 6.07) is 21.6. The van der Waals surface area contributed by atoms with Gasteiger partial charge in [-0.15, -0.1) is 5.10 Å². The number of methoxy groups -OCH3 is 1. The van der Waals surface area contributed by atoms with Gasteiger partial charge in [0.05, 0.1) is 13.2 Å². The lowest BCUT2D eigenvalue weighted by Gasteiger charge is -2.32. The van der Waals surface area contributed by atoms with Gasteiger partial charge in [0, 0.05) is 41.9 Å². The number of rotatable bonds is 9.